The third-order valence-electron chi connectivity index (χ3n) is 2.33. The maximum absolute atomic E-state index is 10.4. The van der Waals surface area contributed by atoms with Crippen LogP contribution in [0.3, 0.4) is 0 Å². The SMILES string of the molecule is [Au+].[CH2-]CCCCCCCCC(N)C(=O)O. The topological polar surface area (TPSA) is 63.3 Å². The zero-order valence-corrected chi connectivity index (χ0v) is 11.3. The number of nitrogens with two attached hydrogens (primary N) is 1. The molecule has 0 aromatic carbocycles. The van der Waals surface area contributed by atoms with Gasteiger partial charge in [0.25, 0.3) is 0 Å². The molecule has 4 heteroatoms. The summed E-state index contributed by atoms with van der Waals surface area (Å²) in [6.07, 6.45) is 8.51. The smallest absolute Gasteiger partial charge is 0.480 e. The van der Waals surface area contributed by atoms with Gasteiger partial charge in [0.1, 0.15) is 6.04 Å². The molecule has 0 spiro atoms. The number of unbranched alkanes of at least 4 members (excludes halogenated alkanes) is 6. The van der Waals surface area contributed by atoms with E-state index in [0.29, 0.717) is 6.42 Å². The van der Waals surface area contributed by atoms with E-state index >= 15 is 0 Å². The molecule has 1 unspecified atom stereocenters. The average molecular weight is 397 g/mol. The predicted molar refractivity (Wildman–Crippen MR) is 57.9 cm³/mol. The minimum atomic E-state index is -0.887. The molecule has 0 heterocycles. The number of carboxylic acids is 1. The minimum Gasteiger partial charge on any atom is -0.480 e. The zero-order chi connectivity index (χ0) is 10.8. The van der Waals surface area contributed by atoms with E-state index in [-0.39, 0.29) is 22.4 Å². The first-order valence-electron chi connectivity index (χ1n) is 5.46. The van der Waals surface area contributed by atoms with Crippen molar-refractivity contribution < 1.29 is 32.3 Å². The monoisotopic (exact) mass is 397 g/mol. The maximum Gasteiger partial charge on any atom is 1.00 e. The Morgan fingerprint density at radius 3 is 2.07 bits per heavy atom. The van der Waals surface area contributed by atoms with Crippen LogP contribution in [0.5, 0.6) is 0 Å². The summed E-state index contributed by atoms with van der Waals surface area (Å²) in [5, 5.41) is 8.52. The van der Waals surface area contributed by atoms with Crippen LogP contribution in [0.4, 0.5) is 0 Å². The van der Waals surface area contributed by atoms with Gasteiger partial charge in [-0.05, 0) is 6.42 Å². The Labute approximate surface area is 108 Å². The molecule has 3 nitrogen and oxygen atoms in total. The first-order chi connectivity index (χ1) is 6.68. The molecule has 0 aliphatic carbocycles. The molecule has 0 aromatic rings. The van der Waals surface area contributed by atoms with Gasteiger partial charge in [-0.3, -0.25) is 4.79 Å². The van der Waals surface area contributed by atoms with Crippen LogP contribution in [0.25, 0.3) is 0 Å². The van der Waals surface area contributed by atoms with Crippen LogP contribution in [0.2, 0.25) is 0 Å². The van der Waals surface area contributed by atoms with E-state index in [9.17, 15) is 4.79 Å². The molecule has 0 rings (SSSR count). The molecule has 0 saturated carbocycles. The van der Waals surface area contributed by atoms with Gasteiger partial charge < -0.3 is 17.8 Å². The standard InChI is InChI=1S/C11H22NO2.Au/c1-2-3-4-5-6-7-8-9-10(12)11(13)14;/h10H,1-9,12H2,(H,13,14);/q-1;+1. The fraction of sp³-hybridized carbons (Fsp3) is 0.818. The third kappa shape index (κ3) is 12.1. The normalized spacial score (nSPS) is 11.9. The minimum absolute atomic E-state index is 0. The van der Waals surface area contributed by atoms with Gasteiger partial charge in [0, 0.05) is 0 Å². The van der Waals surface area contributed by atoms with Gasteiger partial charge in [0.15, 0.2) is 0 Å². The van der Waals surface area contributed by atoms with E-state index in [1.165, 1.54) is 25.7 Å². The molecule has 0 fully saturated rings. The van der Waals surface area contributed by atoms with Crippen molar-refractivity contribution in [1.82, 2.24) is 0 Å². The van der Waals surface area contributed by atoms with E-state index in [1.54, 1.807) is 0 Å². The van der Waals surface area contributed by atoms with Crippen molar-refractivity contribution >= 4 is 5.97 Å². The molecule has 94 valence electrons. The molecule has 0 aliphatic heterocycles. The van der Waals surface area contributed by atoms with Crippen LogP contribution < -0.4 is 5.73 Å². The summed E-state index contributed by atoms with van der Waals surface area (Å²) in [4.78, 5) is 10.4. The van der Waals surface area contributed by atoms with E-state index in [4.69, 9.17) is 10.8 Å². The molecule has 3 N–H and O–H groups in total. The molecular weight excluding hydrogens is 375 g/mol. The summed E-state index contributed by atoms with van der Waals surface area (Å²) in [6, 6.07) is -0.671. The summed E-state index contributed by atoms with van der Waals surface area (Å²) in [5.74, 6) is -0.887. The fourth-order valence-corrected chi connectivity index (χ4v) is 1.37. The van der Waals surface area contributed by atoms with Gasteiger partial charge in [-0.2, -0.15) is 6.42 Å². The molecule has 0 bridgehead atoms. The Morgan fingerprint density at radius 2 is 1.60 bits per heavy atom. The summed E-state index contributed by atoms with van der Waals surface area (Å²) < 4.78 is 0. The Balaban J connectivity index is 0. The van der Waals surface area contributed by atoms with E-state index < -0.39 is 12.0 Å². The van der Waals surface area contributed by atoms with Gasteiger partial charge in [-0.15, -0.1) is 0 Å². The van der Waals surface area contributed by atoms with Gasteiger partial charge in [0.2, 0.25) is 0 Å². The molecule has 0 aliphatic rings. The Kier molecular flexibility index (Phi) is 14.3. The van der Waals surface area contributed by atoms with Crippen LogP contribution in [0.15, 0.2) is 0 Å². The van der Waals surface area contributed by atoms with Gasteiger partial charge in [-0.25, -0.2) is 0 Å². The van der Waals surface area contributed by atoms with Crippen LogP contribution in [-0.2, 0) is 27.2 Å². The maximum atomic E-state index is 10.4. The Morgan fingerprint density at radius 1 is 1.13 bits per heavy atom. The van der Waals surface area contributed by atoms with Crippen molar-refractivity contribution in [3.05, 3.63) is 6.92 Å². The number of carbonyl (C=O) groups is 1. The second kappa shape index (κ2) is 12.2. The second-order valence-electron chi connectivity index (χ2n) is 3.71. The first kappa shape index (κ1) is 17.6. The van der Waals surface area contributed by atoms with Crippen LogP contribution in [0, 0.1) is 6.92 Å². The van der Waals surface area contributed by atoms with Crippen molar-refractivity contribution in [2.75, 3.05) is 0 Å². The zero-order valence-electron chi connectivity index (χ0n) is 9.18. The van der Waals surface area contributed by atoms with Crippen LogP contribution in [-0.4, -0.2) is 17.1 Å². The number of hydrogen-bond donors (Lipinski definition) is 2. The second-order valence-corrected chi connectivity index (χ2v) is 3.71. The van der Waals surface area contributed by atoms with Gasteiger partial charge in [-0.1, -0.05) is 38.5 Å². The van der Waals surface area contributed by atoms with Crippen molar-refractivity contribution in [3.8, 4) is 0 Å². The van der Waals surface area contributed by atoms with E-state index in [1.807, 2.05) is 0 Å². The predicted octanol–water partition coefficient (Wildman–Crippen LogP) is 2.35. The molecule has 0 aromatic heterocycles. The molecule has 0 amide bonds. The van der Waals surface area contributed by atoms with Gasteiger partial charge >= 0.3 is 28.3 Å². The van der Waals surface area contributed by atoms with Crippen molar-refractivity contribution in [1.29, 1.82) is 0 Å². The molecule has 0 saturated heterocycles. The van der Waals surface area contributed by atoms with Gasteiger partial charge in [0.05, 0.1) is 0 Å². The summed E-state index contributed by atoms with van der Waals surface area (Å²) >= 11 is 0. The average Bonchev–Trinajstić information content (AvgIpc) is 2.16. The molecule has 15 heavy (non-hydrogen) atoms. The third-order valence-corrected chi connectivity index (χ3v) is 2.33. The number of aliphatic carboxylic acids is 1. The Bertz CT molecular complexity index is 154. The molecular formula is C11H22AuNO2. The van der Waals surface area contributed by atoms with Crippen LogP contribution >= 0.6 is 0 Å². The quantitative estimate of drug-likeness (QED) is 0.357. The number of rotatable bonds is 9. The molecule has 0 radical (unpaired) electrons. The summed E-state index contributed by atoms with van der Waals surface area (Å²) in [5.41, 5.74) is 5.37. The summed E-state index contributed by atoms with van der Waals surface area (Å²) in [6.45, 7) is 3.78. The molecule has 1 atom stereocenters. The van der Waals surface area contributed by atoms with E-state index in [0.717, 1.165) is 19.3 Å². The van der Waals surface area contributed by atoms with Crippen molar-refractivity contribution in [3.63, 3.8) is 0 Å². The number of hydrogen-bond acceptors (Lipinski definition) is 2. The van der Waals surface area contributed by atoms with E-state index in [2.05, 4.69) is 6.92 Å². The largest absolute Gasteiger partial charge is 1.00 e. The fourth-order valence-electron chi connectivity index (χ4n) is 1.37. The Hall–Kier alpha value is 0.170. The van der Waals surface area contributed by atoms with Crippen LogP contribution in [0.1, 0.15) is 51.4 Å². The van der Waals surface area contributed by atoms with Crippen molar-refractivity contribution in [2.24, 2.45) is 5.73 Å². The van der Waals surface area contributed by atoms with Crippen molar-refractivity contribution in [2.45, 2.75) is 57.4 Å². The summed E-state index contributed by atoms with van der Waals surface area (Å²) in [7, 11) is 0. The number of carboxylic acid groups (broad SMARTS) is 1. The first-order valence-corrected chi connectivity index (χ1v) is 5.46.